The molecule has 0 aromatic heterocycles. The van der Waals surface area contributed by atoms with Crippen LogP contribution in [0.25, 0.3) is 0 Å². The number of hydrogen-bond acceptors (Lipinski definition) is 8. The summed E-state index contributed by atoms with van der Waals surface area (Å²) < 4.78 is 14.7. The highest BCUT2D eigenvalue weighted by molar-refractivity contribution is 5.95. The molecule has 2 amide bonds. The van der Waals surface area contributed by atoms with E-state index in [0.717, 1.165) is 38.8 Å². The Kier molecular flexibility index (Phi) is 11.3. The Bertz CT molecular complexity index is 864. The lowest BCUT2D eigenvalue weighted by Crippen LogP contribution is -2.47. The fourth-order valence-electron chi connectivity index (χ4n) is 4.42. The monoisotopic (exact) mass is 511 g/mol. The minimum Gasteiger partial charge on any atom is -0.458 e. The molecular weight excluding hydrogens is 478 g/mol. The Morgan fingerprint density at radius 1 is 1.23 bits per heavy atom. The van der Waals surface area contributed by atoms with Crippen LogP contribution in [0, 0.1) is 24.2 Å². The van der Waals surface area contributed by atoms with Crippen LogP contribution in [-0.4, -0.2) is 67.7 Å². The number of carbonyl (C=O) groups excluding carboxylic acids is 4. The average molecular weight is 512 g/mol. The van der Waals surface area contributed by atoms with Crippen LogP contribution in [0.2, 0.25) is 0 Å². The topological polar surface area (TPSA) is 123 Å². The van der Waals surface area contributed by atoms with E-state index in [1.165, 1.54) is 6.92 Å². The second kappa shape index (κ2) is 14.0. The highest BCUT2D eigenvalue weighted by Crippen LogP contribution is 2.22. The van der Waals surface area contributed by atoms with E-state index >= 15 is 0 Å². The number of allylic oxidation sites excluding steroid dienone is 1. The van der Waals surface area contributed by atoms with Gasteiger partial charge in [-0.05, 0) is 58.0 Å². The van der Waals surface area contributed by atoms with Gasteiger partial charge in [-0.2, -0.15) is 0 Å². The summed E-state index contributed by atoms with van der Waals surface area (Å²) in [6.45, 7) is 4.38. The number of hydrogen-bond donors (Lipinski definition) is 2. The number of carbonyl (C=O) groups is 4. The Morgan fingerprint density at radius 3 is 2.63 bits per heavy atom. The molecule has 2 saturated heterocycles. The molecule has 10 nitrogen and oxygen atoms in total. The van der Waals surface area contributed by atoms with Crippen LogP contribution in [0.4, 0.5) is 0 Å². The molecular formula is C24H34ClN3O7. The first-order chi connectivity index (χ1) is 16.4. The zero-order chi connectivity index (χ0) is 24.5. The molecule has 0 saturated carbocycles. The number of ether oxygens (including phenoxy) is 3. The summed E-state index contributed by atoms with van der Waals surface area (Å²) in [6.07, 6.45) is 10.0. The predicted octanol–water partition coefficient (Wildman–Crippen LogP) is 1.24. The third kappa shape index (κ3) is 8.44. The maximum absolute atomic E-state index is 12.8. The van der Waals surface area contributed by atoms with Gasteiger partial charge in [-0.3, -0.25) is 14.4 Å². The lowest BCUT2D eigenvalue weighted by molar-refractivity contribution is -0.159. The van der Waals surface area contributed by atoms with Gasteiger partial charge in [0.2, 0.25) is 24.4 Å². The number of halogens is 1. The number of nitrogens with zero attached hydrogens (tertiary/aromatic N) is 1. The van der Waals surface area contributed by atoms with Crippen molar-refractivity contribution in [1.82, 2.24) is 15.5 Å². The number of esters is 2. The summed E-state index contributed by atoms with van der Waals surface area (Å²) in [7, 11) is 0. The van der Waals surface area contributed by atoms with Crippen LogP contribution in [0.1, 0.15) is 51.9 Å². The second-order valence-electron chi connectivity index (χ2n) is 8.90. The van der Waals surface area contributed by atoms with E-state index in [1.54, 1.807) is 4.90 Å². The first kappa shape index (κ1) is 28.5. The number of nitrogens with one attached hydrogen (secondary N) is 2. The molecule has 0 aliphatic carbocycles. The maximum Gasteiger partial charge on any atom is 0.384 e. The Morgan fingerprint density at radius 2 is 1.97 bits per heavy atom. The van der Waals surface area contributed by atoms with Crippen molar-refractivity contribution in [3.63, 3.8) is 0 Å². The van der Waals surface area contributed by atoms with Gasteiger partial charge in [0.25, 0.3) is 0 Å². The van der Waals surface area contributed by atoms with Crippen LogP contribution in [0.5, 0.6) is 0 Å². The minimum absolute atomic E-state index is 0. The molecule has 0 unspecified atom stereocenters. The summed E-state index contributed by atoms with van der Waals surface area (Å²) >= 11 is 0. The van der Waals surface area contributed by atoms with Gasteiger partial charge in [-0.1, -0.05) is 5.92 Å². The van der Waals surface area contributed by atoms with Crippen molar-refractivity contribution in [3.05, 3.63) is 11.5 Å². The molecule has 3 heterocycles. The van der Waals surface area contributed by atoms with Gasteiger partial charge >= 0.3 is 11.9 Å². The second-order valence-corrected chi connectivity index (χ2v) is 8.90. The third-order valence-electron chi connectivity index (χ3n) is 6.45. The zero-order valence-electron chi connectivity index (χ0n) is 20.0. The van der Waals surface area contributed by atoms with E-state index in [9.17, 15) is 19.2 Å². The molecule has 3 aliphatic heterocycles. The molecule has 3 aliphatic rings. The zero-order valence-corrected chi connectivity index (χ0v) is 20.8. The van der Waals surface area contributed by atoms with E-state index in [1.807, 2.05) is 0 Å². The van der Waals surface area contributed by atoms with E-state index in [-0.39, 0.29) is 49.0 Å². The molecule has 194 valence electrons. The standard InChI is InChI=1S/C24H33N3O7.ClH/c1-3-19(13-21(29)34-24(31)22-16(2)32-15-33-22)26-23(30)18-5-4-12-27(14-18)20(28)7-6-17-8-10-25-11-9-17;/h1,17-19,25H,4-15H2,2H3,(H,26,30);1H/t18-,19-;/m1./s1. The van der Waals surface area contributed by atoms with Crippen LogP contribution in [-0.2, 0) is 33.4 Å². The van der Waals surface area contributed by atoms with Gasteiger partial charge in [0, 0.05) is 19.5 Å². The number of amides is 2. The van der Waals surface area contributed by atoms with Gasteiger partial charge < -0.3 is 29.7 Å². The van der Waals surface area contributed by atoms with Crippen molar-refractivity contribution >= 4 is 36.2 Å². The molecule has 2 atom stereocenters. The van der Waals surface area contributed by atoms with Crippen molar-refractivity contribution in [2.45, 2.75) is 57.9 Å². The van der Waals surface area contributed by atoms with Crippen molar-refractivity contribution < 1.29 is 33.4 Å². The molecule has 2 fully saturated rings. The van der Waals surface area contributed by atoms with Gasteiger partial charge in [0.05, 0.1) is 12.3 Å². The van der Waals surface area contributed by atoms with Gasteiger partial charge in [-0.15, -0.1) is 18.8 Å². The molecule has 0 bridgehead atoms. The Labute approximate surface area is 211 Å². The lowest BCUT2D eigenvalue weighted by Gasteiger charge is -2.33. The molecule has 0 aromatic carbocycles. The molecule has 2 N–H and O–H groups in total. The van der Waals surface area contributed by atoms with Crippen LogP contribution in [0.3, 0.4) is 0 Å². The SMILES string of the molecule is C#C[C@H](CC(=O)OC(=O)C1=C(C)OCO1)NC(=O)[C@@H]1CCCN(C(=O)CCC2CCNCC2)C1.Cl. The molecule has 35 heavy (non-hydrogen) atoms. The van der Waals surface area contributed by atoms with Crippen LogP contribution >= 0.6 is 12.4 Å². The van der Waals surface area contributed by atoms with Gasteiger partial charge in [0.1, 0.15) is 11.8 Å². The first-order valence-electron chi connectivity index (χ1n) is 11.8. The highest BCUT2D eigenvalue weighted by atomic mass is 35.5. The van der Waals surface area contributed by atoms with Crippen molar-refractivity contribution in [2.75, 3.05) is 33.0 Å². The summed E-state index contributed by atoms with van der Waals surface area (Å²) in [5.41, 5.74) is 0. The Hall–Kier alpha value is -2.77. The molecule has 0 radical (unpaired) electrons. The van der Waals surface area contributed by atoms with Crippen LogP contribution in [0.15, 0.2) is 11.5 Å². The predicted molar refractivity (Wildman–Crippen MR) is 128 cm³/mol. The maximum atomic E-state index is 12.8. The summed E-state index contributed by atoms with van der Waals surface area (Å²) in [5, 5.41) is 5.99. The number of rotatable bonds is 8. The molecule has 0 spiro atoms. The smallest absolute Gasteiger partial charge is 0.384 e. The van der Waals surface area contributed by atoms with Crippen molar-refractivity contribution in [2.24, 2.45) is 11.8 Å². The number of likely N-dealkylation sites (tertiary alicyclic amines) is 1. The van der Waals surface area contributed by atoms with E-state index < -0.39 is 23.9 Å². The molecule has 11 heteroatoms. The lowest BCUT2D eigenvalue weighted by atomic mass is 9.92. The fourth-order valence-corrected chi connectivity index (χ4v) is 4.42. The Balaban J connectivity index is 0.00000432. The molecule has 0 aromatic rings. The fraction of sp³-hybridized carbons (Fsp3) is 0.667. The quantitative estimate of drug-likeness (QED) is 0.283. The highest BCUT2D eigenvalue weighted by Gasteiger charge is 2.31. The van der Waals surface area contributed by atoms with E-state index in [2.05, 4.69) is 16.6 Å². The van der Waals surface area contributed by atoms with Crippen LogP contribution < -0.4 is 10.6 Å². The third-order valence-corrected chi connectivity index (χ3v) is 6.45. The summed E-state index contributed by atoms with van der Waals surface area (Å²) in [5.74, 6) is 0.495. The van der Waals surface area contributed by atoms with Gasteiger partial charge in [-0.25, -0.2) is 4.79 Å². The van der Waals surface area contributed by atoms with Crippen molar-refractivity contribution in [3.8, 4) is 12.3 Å². The summed E-state index contributed by atoms with van der Waals surface area (Å²) in [6, 6.07) is -0.936. The number of piperidine rings is 2. The largest absolute Gasteiger partial charge is 0.458 e. The van der Waals surface area contributed by atoms with E-state index in [0.29, 0.717) is 31.8 Å². The minimum atomic E-state index is -0.965. The first-order valence-corrected chi connectivity index (χ1v) is 11.8. The van der Waals surface area contributed by atoms with E-state index in [4.69, 9.17) is 20.6 Å². The molecule has 3 rings (SSSR count). The number of terminal acetylenes is 1. The van der Waals surface area contributed by atoms with Crippen molar-refractivity contribution in [1.29, 1.82) is 0 Å². The summed E-state index contributed by atoms with van der Waals surface area (Å²) in [4.78, 5) is 51.3. The van der Waals surface area contributed by atoms with Gasteiger partial charge in [0.15, 0.2) is 0 Å². The average Bonchev–Trinajstić information content (AvgIpc) is 3.28. The normalized spacial score (nSPS) is 21.0.